The molecule has 1 aromatic rings. The zero-order valence-electron chi connectivity index (χ0n) is 12.3. The number of hydrogen-bond acceptors (Lipinski definition) is 3. The van der Waals surface area contributed by atoms with Crippen LogP contribution in [-0.4, -0.2) is 43.0 Å². The van der Waals surface area contributed by atoms with E-state index in [2.05, 4.69) is 10.6 Å². The highest BCUT2D eigenvalue weighted by molar-refractivity contribution is 5.79. The van der Waals surface area contributed by atoms with Gasteiger partial charge in [0.25, 0.3) is 0 Å². The normalized spacial score (nSPS) is 16.3. The maximum atomic E-state index is 12.4. The molecule has 21 heavy (non-hydrogen) atoms. The lowest BCUT2D eigenvalue weighted by atomic mass is 9.98. The smallest absolute Gasteiger partial charge is 0.312 e. The Kier molecular flexibility index (Phi) is 5.16. The van der Waals surface area contributed by atoms with Crippen molar-refractivity contribution in [3.8, 4) is 0 Å². The van der Waals surface area contributed by atoms with Gasteiger partial charge in [-0.2, -0.15) is 0 Å². The Balaban J connectivity index is 2.11. The summed E-state index contributed by atoms with van der Waals surface area (Å²) in [6.45, 7) is 4.99. The van der Waals surface area contributed by atoms with E-state index in [0.29, 0.717) is 13.1 Å². The molecule has 0 aromatic heterocycles. The van der Waals surface area contributed by atoms with Gasteiger partial charge in [-0.25, -0.2) is 4.79 Å². The van der Waals surface area contributed by atoms with Crippen molar-refractivity contribution < 1.29 is 9.59 Å². The standard InChI is InChI=1S/C15H22N4O2/c1-11-4-2-3-5-12(11)13(18-15(16)21)10-14(20)19-8-6-17-7-9-19/h2-5,13,17H,6-10H2,1H3,(H3,16,18,21). The molecule has 0 aliphatic carbocycles. The van der Waals surface area contributed by atoms with Gasteiger partial charge in [0.1, 0.15) is 0 Å². The van der Waals surface area contributed by atoms with E-state index in [-0.39, 0.29) is 18.4 Å². The maximum Gasteiger partial charge on any atom is 0.312 e. The molecule has 6 nitrogen and oxygen atoms in total. The number of nitrogens with zero attached hydrogens (tertiary/aromatic N) is 1. The third-order valence-electron chi connectivity index (χ3n) is 3.73. The zero-order valence-corrected chi connectivity index (χ0v) is 12.3. The van der Waals surface area contributed by atoms with Gasteiger partial charge in [0, 0.05) is 26.2 Å². The number of carbonyl (C=O) groups is 2. The van der Waals surface area contributed by atoms with Crippen molar-refractivity contribution in [2.45, 2.75) is 19.4 Å². The summed E-state index contributed by atoms with van der Waals surface area (Å²) in [5.41, 5.74) is 7.21. The Bertz CT molecular complexity index is 512. The van der Waals surface area contributed by atoms with E-state index in [0.717, 1.165) is 24.2 Å². The van der Waals surface area contributed by atoms with Gasteiger partial charge in [-0.3, -0.25) is 4.79 Å². The van der Waals surface area contributed by atoms with E-state index < -0.39 is 6.03 Å². The first kappa shape index (κ1) is 15.3. The number of primary amides is 1. The van der Waals surface area contributed by atoms with Crippen LogP contribution >= 0.6 is 0 Å². The van der Waals surface area contributed by atoms with Crippen LogP contribution in [0.1, 0.15) is 23.6 Å². The lowest BCUT2D eigenvalue weighted by Crippen LogP contribution is -2.47. The summed E-state index contributed by atoms with van der Waals surface area (Å²) in [5, 5.41) is 5.90. The minimum absolute atomic E-state index is 0.0403. The molecule has 4 N–H and O–H groups in total. The fourth-order valence-corrected chi connectivity index (χ4v) is 2.61. The van der Waals surface area contributed by atoms with Crippen LogP contribution in [0.25, 0.3) is 0 Å². The van der Waals surface area contributed by atoms with Gasteiger partial charge in [0.2, 0.25) is 5.91 Å². The van der Waals surface area contributed by atoms with E-state index in [1.54, 1.807) is 0 Å². The molecule has 1 aromatic carbocycles. The summed E-state index contributed by atoms with van der Waals surface area (Å²) in [6, 6.07) is 6.70. The molecule has 1 saturated heterocycles. The fraction of sp³-hybridized carbons (Fsp3) is 0.467. The predicted molar refractivity (Wildman–Crippen MR) is 80.7 cm³/mol. The average molecular weight is 290 g/mol. The zero-order chi connectivity index (χ0) is 15.2. The fourth-order valence-electron chi connectivity index (χ4n) is 2.61. The van der Waals surface area contributed by atoms with Gasteiger partial charge < -0.3 is 21.3 Å². The Hall–Kier alpha value is -2.08. The first-order valence-corrected chi connectivity index (χ1v) is 7.18. The van der Waals surface area contributed by atoms with E-state index in [4.69, 9.17) is 5.73 Å². The van der Waals surface area contributed by atoms with Crippen molar-refractivity contribution in [1.82, 2.24) is 15.5 Å². The minimum atomic E-state index is -0.614. The number of nitrogens with one attached hydrogen (secondary N) is 2. The molecule has 0 radical (unpaired) electrons. The number of aryl methyl sites for hydroxylation is 1. The highest BCUT2D eigenvalue weighted by Gasteiger charge is 2.23. The van der Waals surface area contributed by atoms with E-state index in [1.165, 1.54) is 0 Å². The van der Waals surface area contributed by atoms with Crippen molar-refractivity contribution in [2.24, 2.45) is 5.73 Å². The molecule has 0 bridgehead atoms. The van der Waals surface area contributed by atoms with Crippen molar-refractivity contribution in [3.05, 3.63) is 35.4 Å². The first-order chi connectivity index (χ1) is 10.1. The second-order valence-electron chi connectivity index (χ2n) is 5.25. The van der Waals surface area contributed by atoms with Crippen LogP contribution in [0.3, 0.4) is 0 Å². The molecule has 1 unspecified atom stereocenters. The van der Waals surface area contributed by atoms with Gasteiger partial charge in [0.15, 0.2) is 0 Å². The monoisotopic (exact) mass is 290 g/mol. The summed E-state index contributed by atoms with van der Waals surface area (Å²) in [5.74, 6) is 0.0403. The summed E-state index contributed by atoms with van der Waals surface area (Å²) in [7, 11) is 0. The molecular formula is C15H22N4O2. The molecule has 1 fully saturated rings. The van der Waals surface area contributed by atoms with Crippen LogP contribution in [-0.2, 0) is 4.79 Å². The van der Waals surface area contributed by atoms with Crippen LogP contribution in [0.5, 0.6) is 0 Å². The molecule has 0 spiro atoms. The lowest BCUT2D eigenvalue weighted by Gasteiger charge is -2.29. The number of nitrogens with two attached hydrogens (primary N) is 1. The largest absolute Gasteiger partial charge is 0.352 e. The average Bonchev–Trinajstić information content (AvgIpc) is 2.47. The van der Waals surface area contributed by atoms with E-state index in [1.807, 2.05) is 36.1 Å². The SMILES string of the molecule is Cc1ccccc1C(CC(=O)N1CCNCC1)NC(N)=O. The third-order valence-corrected chi connectivity index (χ3v) is 3.73. The molecule has 1 aliphatic heterocycles. The summed E-state index contributed by atoms with van der Waals surface area (Å²) in [4.78, 5) is 25.4. The van der Waals surface area contributed by atoms with E-state index in [9.17, 15) is 9.59 Å². The Morgan fingerprint density at radius 1 is 1.33 bits per heavy atom. The summed E-state index contributed by atoms with van der Waals surface area (Å²) >= 11 is 0. The first-order valence-electron chi connectivity index (χ1n) is 7.18. The maximum absolute atomic E-state index is 12.4. The van der Waals surface area contributed by atoms with Crippen molar-refractivity contribution in [1.29, 1.82) is 0 Å². The Morgan fingerprint density at radius 2 is 2.00 bits per heavy atom. The predicted octanol–water partition coefficient (Wildman–Crippen LogP) is 0.526. The molecule has 114 valence electrons. The number of rotatable bonds is 4. The topological polar surface area (TPSA) is 87.5 Å². The quantitative estimate of drug-likeness (QED) is 0.755. The van der Waals surface area contributed by atoms with Crippen molar-refractivity contribution in [2.75, 3.05) is 26.2 Å². The molecule has 6 heteroatoms. The van der Waals surface area contributed by atoms with Crippen LogP contribution < -0.4 is 16.4 Å². The number of carbonyl (C=O) groups excluding carboxylic acids is 2. The summed E-state index contributed by atoms with van der Waals surface area (Å²) in [6.07, 6.45) is 0.230. The van der Waals surface area contributed by atoms with Crippen LogP contribution in [0.4, 0.5) is 4.79 Å². The van der Waals surface area contributed by atoms with Gasteiger partial charge in [0.05, 0.1) is 12.5 Å². The van der Waals surface area contributed by atoms with Gasteiger partial charge >= 0.3 is 6.03 Å². The third kappa shape index (κ3) is 4.19. The number of hydrogen-bond donors (Lipinski definition) is 3. The second-order valence-corrected chi connectivity index (χ2v) is 5.25. The molecule has 1 heterocycles. The molecule has 1 aliphatic rings. The molecule has 2 rings (SSSR count). The molecular weight excluding hydrogens is 268 g/mol. The lowest BCUT2D eigenvalue weighted by molar-refractivity contribution is -0.132. The van der Waals surface area contributed by atoms with Gasteiger partial charge in [-0.1, -0.05) is 24.3 Å². The Labute approximate surface area is 124 Å². The second kappa shape index (κ2) is 7.08. The molecule has 0 saturated carbocycles. The highest BCUT2D eigenvalue weighted by Crippen LogP contribution is 2.21. The molecule has 1 atom stereocenters. The number of piperazine rings is 1. The van der Waals surface area contributed by atoms with Gasteiger partial charge in [-0.05, 0) is 18.1 Å². The van der Waals surface area contributed by atoms with E-state index >= 15 is 0 Å². The summed E-state index contributed by atoms with van der Waals surface area (Å²) < 4.78 is 0. The number of benzene rings is 1. The molecule has 3 amide bonds. The highest BCUT2D eigenvalue weighted by atomic mass is 16.2. The van der Waals surface area contributed by atoms with Crippen LogP contribution in [0.15, 0.2) is 24.3 Å². The van der Waals surface area contributed by atoms with Gasteiger partial charge in [-0.15, -0.1) is 0 Å². The minimum Gasteiger partial charge on any atom is -0.352 e. The van der Waals surface area contributed by atoms with Crippen LogP contribution in [0, 0.1) is 6.92 Å². The van der Waals surface area contributed by atoms with Crippen molar-refractivity contribution >= 4 is 11.9 Å². The Morgan fingerprint density at radius 3 is 2.62 bits per heavy atom. The number of amides is 3. The van der Waals surface area contributed by atoms with Crippen LogP contribution in [0.2, 0.25) is 0 Å². The number of urea groups is 1. The van der Waals surface area contributed by atoms with Crippen molar-refractivity contribution in [3.63, 3.8) is 0 Å².